The van der Waals surface area contributed by atoms with E-state index in [1.54, 1.807) is 4.68 Å². The van der Waals surface area contributed by atoms with E-state index in [2.05, 4.69) is 28.9 Å². The van der Waals surface area contributed by atoms with Crippen LogP contribution in [-0.4, -0.2) is 49.7 Å². The average Bonchev–Trinajstić information content (AvgIpc) is 2.84. The molecule has 0 aliphatic carbocycles. The molecule has 0 bridgehead atoms. The number of likely N-dealkylation sites (tertiary alicyclic amines) is 1. The zero-order valence-corrected chi connectivity index (χ0v) is 18.4. The molecule has 3 rings (SSSR count). The molecule has 2 aromatic heterocycles. The summed E-state index contributed by atoms with van der Waals surface area (Å²) in [4.78, 5) is 23.9. The van der Waals surface area contributed by atoms with Crippen molar-refractivity contribution < 1.29 is 4.79 Å². The summed E-state index contributed by atoms with van der Waals surface area (Å²) in [6, 6.07) is 2.07. The highest BCUT2D eigenvalue weighted by atomic mass is 35.5. The van der Waals surface area contributed by atoms with E-state index in [9.17, 15) is 4.79 Å². The highest BCUT2D eigenvalue weighted by Gasteiger charge is 2.35. The van der Waals surface area contributed by atoms with Gasteiger partial charge in [-0.3, -0.25) is 4.79 Å². The maximum atomic E-state index is 12.9. The van der Waals surface area contributed by atoms with Crippen LogP contribution in [0.25, 0.3) is 5.95 Å². The second-order valence-electron chi connectivity index (χ2n) is 8.39. The van der Waals surface area contributed by atoms with Crippen LogP contribution in [0, 0.1) is 33.1 Å². The van der Waals surface area contributed by atoms with E-state index in [-0.39, 0.29) is 29.8 Å². The molecule has 0 radical (unpaired) electrons. The molecule has 1 aliphatic heterocycles. The maximum absolute atomic E-state index is 12.9. The molecule has 1 atom stereocenters. The van der Waals surface area contributed by atoms with Crippen molar-refractivity contribution in [3.8, 4) is 5.95 Å². The lowest BCUT2D eigenvalue weighted by molar-refractivity contribution is -0.133. The number of aromatic nitrogens is 4. The molecule has 1 aliphatic rings. The monoisotopic (exact) mass is 406 g/mol. The Bertz CT molecular complexity index is 856. The van der Waals surface area contributed by atoms with Crippen LogP contribution in [0.15, 0.2) is 6.07 Å². The first kappa shape index (κ1) is 22.3. The zero-order chi connectivity index (χ0) is 19.9. The van der Waals surface area contributed by atoms with Gasteiger partial charge in [-0.25, -0.2) is 14.6 Å². The Kier molecular flexibility index (Phi) is 6.51. The predicted molar refractivity (Wildman–Crippen MR) is 112 cm³/mol. The molecule has 0 saturated carbocycles. The van der Waals surface area contributed by atoms with Crippen LogP contribution in [0.1, 0.15) is 48.6 Å². The molecule has 8 heteroatoms. The van der Waals surface area contributed by atoms with Crippen molar-refractivity contribution in [1.82, 2.24) is 24.6 Å². The van der Waals surface area contributed by atoms with E-state index in [4.69, 9.17) is 5.73 Å². The third-order valence-corrected chi connectivity index (χ3v) is 5.59. The number of carbonyl (C=O) groups is 1. The van der Waals surface area contributed by atoms with Crippen LogP contribution in [0.2, 0.25) is 0 Å². The van der Waals surface area contributed by atoms with Crippen molar-refractivity contribution in [1.29, 1.82) is 0 Å². The molecule has 28 heavy (non-hydrogen) atoms. The minimum Gasteiger partial charge on any atom is -0.342 e. The van der Waals surface area contributed by atoms with Gasteiger partial charge in [0.05, 0.1) is 12.1 Å². The summed E-state index contributed by atoms with van der Waals surface area (Å²) in [5.74, 6) is 0.680. The zero-order valence-electron chi connectivity index (χ0n) is 17.6. The number of piperidine rings is 1. The van der Waals surface area contributed by atoms with Crippen molar-refractivity contribution in [3.05, 3.63) is 34.4 Å². The van der Waals surface area contributed by atoms with Gasteiger partial charge in [-0.2, -0.15) is 5.10 Å². The van der Waals surface area contributed by atoms with Crippen molar-refractivity contribution in [2.75, 3.05) is 13.1 Å². The number of nitrogens with two attached hydrogens (primary N) is 1. The number of carbonyl (C=O) groups excluding carboxylic acids is 1. The van der Waals surface area contributed by atoms with E-state index in [1.807, 2.05) is 38.7 Å². The van der Waals surface area contributed by atoms with Crippen molar-refractivity contribution in [3.63, 3.8) is 0 Å². The fourth-order valence-electron chi connectivity index (χ4n) is 3.78. The summed E-state index contributed by atoms with van der Waals surface area (Å²) in [6.45, 7) is 13.5. The fourth-order valence-corrected chi connectivity index (χ4v) is 3.78. The summed E-state index contributed by atoms with van der Waals surface area (Å²) in [7, 11) is 0. The summed E-state index contributed by atoms with van der Waals surface area (Å²) in [5, 5.41) is 4.60. The number of nitrogens with zero attached hydrogens (tertiary/aromatic N) is 5. The molecule has 0 spiro atoms. The lowest BCUT2D eigenvalue weighted by Crippen LogP contribution is -2.54. The van der Waals surface area contributed by atoms with Crippen LogP contribution in [0.3, 0.4) is 0 Å². The Morgan fingerprint density at radius 1 is 1.21 bits per heavy atom. The number of hydrogen-bond donors (Lipinski definition) is 1. The number of aryl methyl sites for hydroxylation is 3. The predicted octanol–water partition coefficient (Wildman–Crippen LogP) is 2.45. The van der Waals surface area contributed by atoms with Gasteiger partial charge in [-0.15, -0.1) is 12.4 Å². The topological polar surface area (TPSA) is 89.9 Å². The minimum atomic E-state index is -0.0604. The first-order valence-electron chi connectivity index (χ1n) is 9.49. The summed E-state index contributed by atoms with van der Waals surface area (Å²) in [5.41, 5.74) is 10.7. The van der Waals surface area contributed by atoms with Gasteiger partial charge in [0, 0.05) is 41.8 Å². The Morgan fingerprint density at radius 3 is 2.39 bits per heavy atom. The third kappa shape index (κ3) is 4.36. The molecule has 1 amide bonds. The number of rotatable bonds is 3. The molecule has 0 aromatic carbocycles. The quantitative estimate of drug-likeness (QED) is 0.845. The van der Waals surface area contributed by atoms with E-state index in [0.29, 0.717) is 18.9 Å². The molecule has 1 unspecified atom stereocenters. The van der Waals surface area contributed by atoms with Crippen molar-refractivity contribution in [2.24, 2.45) is 11.1 Å². The minimum absolute atomic E-state index is 0. The summed E-state index contributed by atoms with van der Waals surface area (Å²) >= 11 is 0. The molecule has 1 saturated heterocycles. The second-order valence-corrected chi connectivity index (χ2v) is 8.39. The lowest BCUT2D eigenvalue weighted by atomic mass is 9.79. The highest BCUT2D eigenvalue weighted by Crippen LogP contribution is 2.28. The smallest absolute Gasteiger partial charge is 0.251 e. The Labute approximate surface area is 173 Å². The SMILES string of the molecule is Cc1cc(C)nc(-n2nc(C)c(CC(=O)N3CCC(N)C(C)(C)C3)c2C)n1.Cl. The van der Waals surface area contributed by atoms with Gasteiger partial charge in [0.1, 0.15) is 0 Å². The van der Waals surface area contributed by atoms with Crippen LogP contribution >= 0.6 is 12.4 Å². The van der Waals surface area contributed by atoms with E-state index < -0.39 is 0 Å². The third-order valence-electron chi connectivity index (χ3n) is 5.59. The van der Waals surface area contributed by atoms with Crippen molar-refractivity contribution >= 4 is 18.3 Å². The normalized spacial score (nSPS) is 18.7. The lowest BCUT2D eigenvalue weighted by Gasteiger charge is -2.42. The van der Waals surface area contributed by atoms with Gasteiger partial charge in [0.25, 0.3) is 5.95 Å². The molecule has 1 fully saturated rings. The van der Waals surface area contributed by atoms with E-state index in [1.165, 1.54) is 0 Å². The fraction of sp³-hybridized carbons (Fsp3) is 0.600. The van der Waals surface area contributed by atoms with E-state index >= 15 is 0 Å². The van der Waals surface area contributed by atoms with Gasteiger partial charge in [-0.1, -0.05) is 13.8 Å². The van der Waals surface area contributed by atoms with E-state index in [0.717, 1.165) is 41.3 Å². The molecule has 2 aromatic rings. The summed E-state index contributed by atoms with van der Waals surface area (Å²) < 4.78 is 1.74. The van der Waals surface area contributed by atoms with Crippen molar-refractivity contribution in [2.45, 2.75) is 60.4 Å². The van der Waals surface area contributed by atoms with Crippen LogP contribution in [0.4, 0.5) is 0 Å². The van der Waals surface area contributed by atoms with Gasteiger partial charge < -0.3 is 10.6 Å². The van der Waals surface area contributed by atoms with Gasteiger partial charge in [-0.05, 0) is 45.6 Å². The Hall–Kier alpha value is -1.99. The molecular weight excluding hydrogens is 376 g/mol. The number of amides is 1. The first-order valence-corrected chi connectivity index (χ1v) is 9.49. The number of halogens is 1. The number of hydrogen-bond acceptors (Lipinski definition) is 5. The van der Waals surface area contributed by atoms with Gasteiger partial charge in [0.15, 0.2) is 0 Å². The Balaban J connectivity index is 0.00000280. The van der Waals surface area contributed by atoms with Crippen LogP contribution < -0.4 is 5.73 Å². The highest BCUT2D eigenvalue weighted by molar-refractivity contribution is 5.85. The largest absolute Gasteiger partial charge is 0.342 e. The summed E-state index contributed by atoms with van der Waals surface area (Å²) in [6.07, 6.45) is 1.18. The van der Waals surface area contributed by atoms with Gasteiger partial charge >= 0.3 is 0 Å². The van der Waals surface area contributed by atoms with Gasteiger partial charge in [0.2, 0.25) is 5.91 Å². The van der Waals surface area contributed by atoms with Crippen LogP contribution in [0.5, 0.6) is 0 Å². The van der Waals surface area contributed by atoms with Crippen LogP contribution in [-0.2, 0) is 11.2 Å². The maximum Gasteiger partial charge on any atom is 0.251 e. The average molecular weight is 407 g/mol. The Morgan fingerprint density at radius 2 is 1.82 bits per heavy atom. The molecule has 7 nitrogen and oxygen atoms in total. The molecular formula is C20H31ClN6O. The molecule has 154 valence electrons. The second kappa shape index (κ2) is 8.17. The standard InChI is InChI=1S/C20H30N6O.ClH/c1-12-9-13(2)23-19(22-12)26-15(4)16(14(3)24-26)10-18(27)25-8-7-17(21)20(5,6)11-25;/h9,17H,7-8,10-11,21H2,1-6H3;1H. The molecule has 3 heterocycles. The molecule has 2 N–H and O–H groups in total. The first-order chi connectivity index (χ1) is 12.6.